The van der Waals surface area contributed by atoms with Crippen LogP contribution in [-0.2, 0) is 19.1 Å². The topological polar surface area (TPSA) is 100 Å². The van der Waals surface area contributed by atoms with E-state index in [1.165, 1.54) is 17.9 Å². The Hall–Kier alpha value is -3.00. The minimum atomic E-state index is -0.476. The highest BCUT2D eigenvalue weighted by Crippen LogP contribution is 2.34. The highest BCUT2D eigenvalue weighted by Gasteiger charge is 2.29. The van der Waals surface area contributed by atoms with E-state index >= 15 is 0 Å². The number of esters is 1. The molecule has 0 bridgehead atoms. The summed E-state index contributed by atoms with van der Waals surface area (Å²) in [5.74, 6) is -0.201. The van der Waals surface area contributed by atoms with Crippen LogP contribution < -0.4 is 5.48 Å². The minimum absolute atomic E-state index is 0.0798. The molecule has 134 valence electrons. The van der Waals surface area contributed by atoms with Crippen molar-refractivity contribution < 1.29 is 34.2 Å². The Morgan fingerprint density at radius 1 is 1.40 bits per heavy atom. The summed E-state index contributed by atoms with van der Waals surface area (Å²) < 4.78 is 11.8. The van der Waals surface area contributed by atoms with Gasteiger partial charge in [0, 0.05) is 10.8 Å². The summed E-state index contributed by atoms with van der Waals surface area (Å²) in [5, 5.41) is 19.2. The molecule has 1 aliphatic rings. The third kappa shape index (κ3) is 4.30. The Balaban J connectivity index is 2.39. The summed E-state index contributed by atoms with van der Waals surface area (Å²) in [6.07, 6.45) is 5.83. The molecule has 3 N–H and O–H groups in total. The summed E-state index contributed by atoms with van der Waals surface area (Å²) >= 11 is 0. The van der Waals surface area contributed by atoms with Gasteiger partial charge in [0.2, 0.25) is 0 Å². The number of hydrogen-bond donors (Lipinski definition) is 3. The monoisotopic (exact) mass is 349 g/mol. The zero-order valence-corrected chi connectivity index (χ0v) is 14.1. The van der Waals surface area contributed by atoms with Gasteiger partial charge < -0.3 is 14.6 Å². The van der Waals surface area contributed by atoms with E-state index in [-0.39, 0.29) is 24.7 Å². The Morgan fingerprint density at radius 3 is 2.88 bits per heavy atom. The highest BCUT2D eigenvalue weighted by molar-refractivity contribution is 5.98. The van der Waals surface area contributed by atoms with E-state index in [1.807, 2.05) is 11.6 Å². The molecule has 2 rings (SSSR count). The van der Waals surface area contributed by atoms with Gasteiger partial charge in [-0.15, -0.1) is 0 Å². The second-order valence-corrected chi connectivity index (χ2v) is 4.96. The lowest BCUT2D eigenvalue weighted by Crippen LogP contribution is -2.23. The van der Waals surface area contributed by atoms with Crippen molar-refractivity contribution in [3.05, 3.63) is 42.2 Å². The van der Waals surface area contributed by atoms with Gasteiger partial charge in [-0.3, -0.25) is 15.5 Å². The molecular formula is C17H21N2O6+. The van der Waals surface area contributed by atoms with Crippen LogP contribution in [0.2, 0.25) is 0 Å². The van der Waals surface area contributed by atoms with Crippen LogP contribution in [0.15, 0.2) is 42.2 Å². The van der Waals surface area contributed by atoms with Gasteiger partial charge in [0.1, 0.15) is 12.9 Å². The number of hydrogen-bond acceptors (Lipinski definition) is 7. The lowest BCUT2D eigenvalue weighted by atomic mass is 10.1. The second kappa shape index (κ2) is 8.74. The fourth-order valence-corrected chi connectivity index (χ4v) is 2.35. The molecule has 0 amide bonds. The second-order valence-electron chi connectivity index (χ2n) is 4.96. The van der Waals surface area contributed by atoms with Crippen LogP contribution in [0.5, 0.6) is 5.75 Å². The molecule has 0 fully saturated rings. The van der Waals surface area contributed by atoms with Crippen LogP contribution in [0.4, 0.5) is 11.4 Å². The third-order valence-electron chi connectivity index (χ3n) is 3.41. The number of anilines is 1. The lowest BCUT2D eigenvalue weighted by Gasteiger charge is -2.13. The fourth-order valence-electron chi connectivity index (χ4n) is 2.35. The molecule has 8 nitrogen and oxygen atoms in total. The Kier molecular flexibility index (Phi) is 6.41. The van der Waals surface area contributed by atoms with E-state index in [9.17, 15) is 15.1 Å². The van der Waals surface area contributed by atoms with Gasteiger partial charge in [-0.1, -0.05) is 18.2 Å². The van der Waals surface area contributed by atoms with Gasteiger partial charge in [0.05, 0.1) is 13.0 Å². The molecule has 1 aromatic rings. The van der Waals surface area contributed by atoms with Crippen molar-refractivity contribution in [1.29, 1.82) is 0 Å². The first-order valence-corrected chi connectivity index (χ1v) is 7.70. The van der Waals surface area contributed by atoms with Crippen molar-refractivity contribution in [3.63, 3.8) is 0 Å². The lowest BCUT2D eigenvalue weighted by molar-refractivity contribution is -0.720. The molecule has 8 heteroatoms. The quantitative estimate of drug-likeness (QED) is 0.300. The molecule has 1 aliphatic carbocycles. The molecular weight excluding hydrogens is 328 g/mol. The van der Waals surface area contributed by atoms with Gasteiger partial charge in [0.15, 0.2) is 18.1 Å². The van der Waals surface area contributed by atoms with Crippen LogP contribution in [-0.4, -0.2) is 47.1 Å². The number of carbonyl (C=O) groups excluding carboxylic acids is 1. The van der Waals surface area contributed by atoms with Gasteiger partial charge >= 0.3 is 5.97 Å². The van der Waals surface area contributed by atoms with Crippen LogP contribution in [0.25, 0.3) is 0 Å². The molecule has 0 saturated heterocycles. The van der Waals surface area contributed by atoms with Gasteiger partial charge in [-0.25, -0.2) is 4.79 Å². The van der Waals surface area contributed by atoms with E-state index in [0.717, 1.165) is 0 Å². The summed E-state index contributed by atoms with van der Waals surface area (Å²) in [5.41, 5.74) is 3.01. The standard InChI is InChI=1S/C17H20N2O6/c1-3-24-16(21)11-25-15-10-5-4-7-12(15)19(23-2)13-8-6-9-14(20)17(13)18-22/h4-6,8-10,18,22H,3,7,11H2,1-2H3/p+1/b19-12-. The molecule has 0 unspecified atom stereocenters. The zero-order valence-electron chi connectivity index (χ0n) is 14.1. The number of carbonyl (C=O) groups is 1. The maximum atomic E-state index is 11.5. The number of nitrogens with zero attached hydrogens (tertiary/aromatic N) is 1. The number of allylic oxidation sites excluding steroid dienone is 4. The molecule has 0 aromatic heterocycles. The molecule has 25 heavy (non-hydrogen) atoms. The minimum Gasteiger partial charge on any atom is -0.505 e. The highest BCUT2D eigenvalue weighted by atomic mass is 16.7. The van der Waals surface area contributed by atoms with Crippen molar-refractivity contribution >= 4 is 23.1 Å². The van der Waals surface area contributed by atoms with Crippen LogP contribution >= 0.6 is 0 Å². The maximum absolute atomic E-state index is 11.5. The largest absolute Gasteiger partial charge is 0.505 e. The normalized spacial score (nSPS) is 15.2. The Bertz CT molecular complexity index is 724. The molecule has 1 aromatic carbocycles. The van der Waals surface area contributed by atoms with Crippen molar-refractivity contribution in [1.82, 2.24) is 0 Å². The average Bonchev–Trinajstić information content (AvgIpc) is 2.62. The Morgan fingerprint density at radius 2 is 2.20 bits per heavy atom. The van der Waals surface area contributed by atoms with Gasteiger partial charge in [0.25, 0.3) is 11.4 Å². The van der Waals surface area contributed by atoms with Crippen molar-refractivity contribution in [2.75, 3.05) is 25.8 Å². The predicted octanol–water partition coefficient (Wildman–Crippen LogP) is 2.26. The SMILES string of the molecule is CCOC(=O)COC1=CC=CC/C1=[N+](/OC)c1cccc(O)c1NO. The van der Waals surface area contributed by atoms with Crippen LogP contribution in [0, 0.1) is 0 Å². The molecule has 0 radical (unpaired) electrons. The first kappa shape index (κ1) is 18.3. The number of para-hydroxylation sites is 1. The van der Waals surface area contributed by atoms with Gasteiger partial charge in [-0.2, -0.15) is 0 Å². The number of aromatic hydroxyl groups is 1. The number of ether oxygens (including phenoxy) is 2. The van der Waals surface area contributed by atoms with E-state index in [1.54, 1.807) is 31.2 Å². The summed E-state index contributed by atoms with van der Waals surface area (Å²) in [6, 6.07) is 4.69. The number of phenolic OH excluding ortho intramolecular Hbond substituents is 1. The van der Waals surface area contributed by atoms with Crippen molar-refractivity contribution in [2.24, 2.45) is 0 Å². The van der Waals surface area contributed by atoms with E-state index in [2.05, 4.69) is 0 Å². The van der Waals surface area contributed by atoms with E-state index in [4.69, 9.17) is 14.3 Å². The maximum Gasteiger partial charge on any atom is 0.344 e. The number of benzene rings is 1. The average molecular weight is 349 g/mol. The van der Waals surface area contributed by atoms with Crippen LogP contribution in [0.1, 0.15) is 13.3 Å². The number of rotatable bonds is 7. The fraction of sp³-hybridized carbons (Fsp3) is 0.294. The molecule has 0 atom stereocenters. The predicted molar refractivity (Wildman–Crippen MR) is 89.9 cm³/mol. The molecule has 0 aliphatic heterocycles. The zero-order chi connectivity index (χ0) is 18.2. The first-order valence-electron chi connectivity index (χ1n) is 7.70. The summed E-state index contributed by atoms with van der Waals surface area (Å²) in [6.45, 7) is 1.76. The van der Waals surface area contributed by atoms with Crippen LogP contribution in [0.3, 0.4) is 0 Å². The third-order valence-corrected chi connectivity index (χ3v) is 3.41. The molecule has 0 saturated carbocycles. The molecule has 0 heterocycles. The summed E-state index contributed by atoms with van der Waals surface area (Å²) in [7, 11) is 1.44. The molecule has 0 spiro atoms. The van der Waals surface area contributed by atoms with Crippen molar-refractivity contribution in [3.8, 4) is 5.75 Å². The number of nitrogens with one attached hydrogen (secondary N) is 1. The number of phenols is 1. The van der Waals surface area contributed by atoms with E-state index < -0.39 is 5.97 Å². The van der Waals surface area contributed by atoms with Gasteiger partial charge in [-0.05, 0) is 19.1 Å². The van der Waals surface area contributed by atoms with E-state index in [0.29, 0.717) is 23.6 Å². The summed E-state index contributed by atoms with van der Waals surface area (Å²) in [4.78, 5) is 16.9. The van der Waals surface area contributed by atoms with Crippen molar-refractivity contribution in [2.45, 2.75) is 13.3 Å². The first-order chi connectivity index (χ1) is 12.1. The smallest absolute Gasteiger partial charge is 0.344 e. The Labute approximate surface area is 145 Å².